The molecule has 0 amide bonds. The molecule has 0 aliphatic carbocycles. The van der Waals surface area contributed by atoms with E-state index in [1.165, 1.54) is 11.6 Å². The van der Waals surface area contributed by atoms with Crippen LogP contribution in [0, 0.1) is 5.82 Å². The number of methoxy groups -OCH3 is 1. The van der Waals surface area contributed by atoms with E-state index in [4.69, 9.17) is 4.74 Å². The van der Waals surface area contributed by atoms with Crippen molar-refractivity contribution in [2.24, 2.45) is 0 Å². The number of anilines is 1. The highest BCUT2D eigenvalue weighted by Crippen LogP contribution is 2.24. The van der Waals surface area contributed by atoms with Gasteiger partial charge in [-0.15, -0.1) is 0 Å². The lowest BCUT2D eigenvalue weighted by molar-refractivity contribution is 0.414. The van der Waals surface area contributed by atoms with Gasteiger partial charge in [0.2, 0.25) is 0 Å². The Hall–Kier alpha value is -2.03. The maximum Gasteiger partial charge on any atom is 0.146 e. The van der Waals surface area contributed by atoms with E-state index in [2.05, 4.69) is 50.4 Å². The van der Waals surface area contributed by atoms with Crippen LogP contribution in [-0.4, -0.2) is 7.11 Å². The first-order chi connectivity index (χ1) is 9.90. The molecule has 112 valence electrons. The van der Waals surface area contributed by atoms with Gasteiger partial charge < -0.3 is 10.1 Å². The topological polar surface area (TPSA) is 21.3 Å². The van der Waals surface area contributed by atoms with E-state index in [9.17, 15) is 4.39 Å². The minimum absolute atomic E-state index is 0.144. The van der Waals surface area contributed by atoms with E-state index < -0.39 is 0 Å². The first kappa shape index (κ1) is 15.4. The number of hydrogen-bond acceptors (Lipinski definition) is 2. The van der Waals surface area contributed by atoms with Crippen LogP contribution in [0.15, 0.2) is 42.5 Å². The van der Waals surface area contributed by atoms with Gasteiger partial charge in [0.25, 0.3) is 0 Å². The van der Waals surface area contributed by atoms with Crippen molar-refractivity contribution in [3.05, 3.63) is 59.4 Å². The fraction of sp³-hybridized carbons (Fsp3) is 0.333. The molecule has 0 heterocycles. The van der Waals surface area contributed by atoms with E-state index in [0.29, 0.717) is 18.0 Å². The standard InChI is InChI=1S/C18H22FNO/c1-18(2,3)14-7-5-13(6-8-14)12-20-17-11-15(21-4)9-10-16(17)19/h5-11,20H,12H2,1-4H3. The van der Waals surface area contributed by atoms with Gasteiger partial charge in [-0.1, -0.05) is 45.0 Å². The molecule has 0 radical (unpaired) electrons. The largest absolute Gasteiger partial charge is 0.497 e. The van der Waals surface area contributed by atoms with Crippen LogP contribution in [0.1, 0.15) is 31.9 Å². The summed E-state index contributed by atoms with van der Waals surface area (Å²) in [6.07, 6.45) is 0. The van der Waals surface area contributed by atoms with Crippen LogP contribution in [0.5, 0.6) is 5.75 Å². The predicted octanol–water partition coefficient (Wildman–Crippen LogP) is 4.74. The molecule has 0 unspecified atom stereocenters. The fourth-order valence-corrected chi connectivity index (χ4v) is 2.09. The Morgan fingerprint density at radius 1 is 1.05 bits per heavy atom. The monoisotopic (exact) mass is 287 g/mol. The van der Waals surface area contributed by atoms with Crippen molar-refractivity contribution in [3.8, 4) is 5.75 Å². The molecule has 0 aromatic heterocycles. The molecule has 1 N–H and O–H groups in total. The molecule has 0 saturated carbocycles. The summed E-state index contributed by atoms with van der Waals surface area (Å²) in [5.41, 5.74) is 3.00. The zero-order valence-electron chi connectivity index (χ0n) is 13.0. The van der Waals surface area contributed by atoms with Crippen molar-refractivity contribution < 1.29 is 9.13 Å². The summed E-state index contributed by atoms with van der Waals surface area (Å²) in [7, 11) is 1.57. The molecule has 3 heteroatoms. The third-order valence-electron chi connectivity index (χ3n) is 3.48. The van der Waals surface area contributed by atoms with Crippen LogP contribution in [0.2, 0.25) is 0 Å². The van der Waals surface area contributed by atoms with E-state index in [-0.39, 0.29) is 11.2 Å². The highest BCUT2D eigenvalue weighted by atomic mass is 19.1. The second-order valence-electron chi connectivity index (χ2n) is 6.15. The lowest BCUT2D eigenvalue weighted by Gasteiger charge is -2.19. The van der Waals surface area contributed by atoms with E-state index >= 15 is 0 Å². The Morgan fingerprint density at radius 3 is 2.29 bits per heavy atom. The second-order valence-corrected chi connectivity index (χ2v) is 6.15. The molecule has 2 aromatic carbocycles. The van der Waals surface area contributed by atoms with Crippen molar-refractivity contribution in [2.75, 3.05) is 12.4 Å². The zero-order valence-corrected chi connectivity index (χ0v) is 13.0. The highest BCUT2D eigenvalue weighted by Gasteiger charge is 2.12. The van der Waals surface area contributed by atoms with Gasteiger partial charge in [-0.3, -0.25) is 0 Å². The Bertz CT molecular complexity index is 600. The quantitative estimate of drug-likeness (QED) is 0.876. The number of nitrogens with one attached hydrogen (secondary N) is 1. The van der Waals surface area contributed by atoms with Crippen molar-refractivity contribution in [2.45, 2.75) is 32.7 Å². The Kier molecular flexibility index (Phi) is 4.51. The van der Waals surface area contributed by atoms with Crippen LogP contribution < -0.4 is 10.1 Å². The maximum absolute atomic E-state index is 13.7. The lowest BCUT2D eigenvalue weighted by atomic mass is 9.87. The Labute approximate surface area is 126 Å². The molecule has 0 bridgehead atoms. The molecule has 0 aliphatic rings. The third kappa shape index (κ3) is 3.97. The van der Waals surface area contributed by atoms with Crippen molar-refractivity contribution in [1.82, 2.24) is 0 Å². The molecule has 2 nitrogen and oxygen atoms in total. The van der Waals surface area contributed by atoms with E-state index in [1.807, 2.05) is 0 Å². The van der Waals surface area contributed by atoms with Crippen molar-refractivity contribution in [1.29, 1.82) is 0 Å². The van der Waals surface area contributed by atoms with Gasteiger partial charge in [0.15, 0.2) is 0 Å². The van der Waals surface area contributed by atoms with Crippen LogP contribution in [0.3, 0.4) is 0 Å². The van der Waals surface area contributed by atoms with E-state index in [0.717, 1.165) is 5.56 Å². The molecule has 0 aliphatic heterocycles. The average Bonchev–Trinajstić information content (AvgIpc) is 2.46. The number of hydrogen-bond donors (Lipinski definition) is 1. The van der Waals surface area contributed by atoms with Crippen LogP contribution in [0.25, 0.3) is 0 Å². The lowest BCUT2D eigenvalue weighted by Crippen LogP contribution is -2.11. The van der Waals surface area contributed by atoms with Gasteiger partial charge in [0, 0.05) is 12.6 Å². The summed E-state index contributed by atoms with van der Waals surface area (Å²) >= 11 is 0. The van der Waals surface area contributed by atoms with Gasteiger partial charge in [0.1, 0.15) is 11.6 Å². The normalized spacial score (nSPS) is 11.3. The van der Waals surface area contributed by atoms with Crippen LogP contribution in [-0.2, 0) is 12.0 Å². The number of benzene rings is 2. The molecular formula is C18H22FNO. The van der Waals surface area contributed by atoms with E-state index in [1.54, 1.807) is 19.2 Å². The minimum Gasteiger partial charge on any atom is -0.497 e. The van der Waals surface area contributed by atoms with Crippen LogP contribution >= 0.6 is 0 Å². The number of halogens is 1. The number of ether oxygens (including phenoxy) is 1. The fourth-order valence-electron chi connectivity index (χ4n) is 2.09. The molecule has 21 heavy (non-hydrogen) atoms. The maximum atomic E-state index is 13.7. The molecule has 0 atom stereocenters. The van der Waals surface area contributed by atoms with Gasteiger partial charge in [-0.05, 0) is 28.7 Å². The molecule has 2 rings (SSSR count). The van der Waals surface area contributed by atoms with Crippen LogP contribution in [0.4, 0.5) is 10.1 Å². The van der Waals surface area contributed by atoms with Crippen molar-refractivity contribution >= 4 is 5.69 Å². The Morgan fingerprint density at radius 2 is 1.71 bits per heavy atom. The summed E-state index contributed by atoms with van der Waals surface area (Å²) in [5, 5.41) is 3.11. The molecular weight excluding hydrogens is 265 g/mol. The van der Waals surface area contributed by atoms with Gasteiger partial charge in [-0.2, -0.15) is 0 Å². The minimum atomic E-state index is -0.276. The van der Waals surface area contributed by atoms with Gasteiger partial charge >= 0.3 is 0 Å². The summed E-state index contributed by atoms with van der Waals surface area (Å²) in [4.78, 5) is 0. The zero-order chi connectivity index (χ0) is 15.5. The summed E-state index contributed by atoms with van der Waals surface area (Å²) in [6.45, 7) is 7.14. The molecule has 2 aromatic rings. The smallest absolute Gasteiger partial charge is 0.146 e. The third-order valence-corrected chi connectivity index (χ3v) is 3.48. The SMILES string of the molecule is COc1ccc(F)c(NCc2ccc(C(C)(C)C)cc2)c1. The first-order valence-electron chi connectivity index (χ1n) is 7.07. The highest BCUT2D eigenvalue weighted by molar-refractivity contribution is 5.50. The predicted molar refractivity (Wildman–Crippen MR) is 85.4 cm³/mol. The molecule has 0 spiro atoms. The number of rotatable bonds is 4. The molecule has 0 saturated heterocycles. The first-order valence-corrected chi connectivity index (χ1v) is 7.07. The summed E-state index contributed by atoms with van der Waals surface area (Å²) < 4.78 is 18.8. The van der Waals surface area contributed by atoms with Crippen molar-refractivity contribution in [3.63, 3.8) is 0 Å². The Balaban J connectivity index is 2.06. The second kappa shape index (κ2) is 6.17. The van der Waals surface area contributed by atoms with Gasteiger partial charge in [0.05, 0.1) is 12.8 Å². The summed E-state index contributed by atoms with van der Waals surface area (Å²) in [5.74, 6) is 0.365. The summed E-state index contributed by atoms with van der Waals surface area (Å²) in [6, 6.07) is 13.1. The van der Waals surface area contributed by atoms with Gasteiger partial charge in [-0.25, -0.2) is 4.39 Å². The molecule has 0 fully saturated rings. The average molecular weight is 287 g/mol.